The average Bonchev–Trinajstić information content (AvgIpc) is 2.50. The lowest BCUT2D eigenvalue weighted by atomic mass is 9.88. The second-order valence-corrected chi connectivity index (χ2v) is 5.40. The first-order valence-corrected chi connectivity index (χ1v) is 7.47. The molecule has 0 aliphatic carbocycles. The van der Waals surface area contributed by atoms with E-state index in [0.717, 1.165) is 25.1 Å². The second kappa shape index (κ2) is 6.85. The van der Waals surface area contributed by atoms with Gasteiger partial charge in [-0.15, -0.1) is 6.58 Å². The number of benzene rings is 1. The summed E-state index contributed by atoms with van der Waals surface area (Å²) in [5, 5.41) is 0. The third-order valence-electron chi connectivity index (χ3n) is 4.20. The molecule has 0 N–H and O–H groups in total. The highest BCUT2D eigenvalue weighted by Gasteiger charge is 2.28. The fourth-order valence-electron chi connectivity index (χ4n) is 3.04. The van der Waals surface area contributed by atoms with Crippen LogP contribution in [0.5, 0.6) is 0 Å². The maximum atomic E-state index is 14.4. The highest BCUT2D eigenvalue weighted by Crippen LogP contribution is 2.37. The molecule has 1 aromatic rings. The fourth-order valence-corrected chi connectivity index (χ4v) is 3.04. The Kier molecular flexibility index (Phi) is 5.13. The molecular weight excluding hydrogens is 249 g/mol. The number of hydrogen-bond acceptors (Lipinski definition) is 1. The van der Waals surface area contributed by atoms with Crippen molar-refractivity contribution in [2.24, 2.45) is 0 Å². The van der Waals surface area contributed by atoms with Crippen LogP contribution in [0.4, 0.5) is 4.39 Å². The Labute approximate surface area is 121 Å². The number of allylic oxidation sites excluding steroid dienone is 2. The summed E-state index contributed by atoms with van der Waals surface area (Å²) < 4.78 is 14.4. The van der Waals surface area contributed by atoms with Crippen molar-refractivity contribution in [3.05, 3.63) is 59.4 Å². The Morgan fingerprint density at radius 3 is 2.90 bits per heavy atom. The van der Waals surface area contributed by atoms with E-state index in [9.17, 15) is 4.39 Å². The molecule has 0 saturated heterocycles. The predicted molar refractivity (Wildman–Crippen MR) is 83.4 cm³/mol. The molecular formula is C18H24FN. The molecule has 2 heteroatoms. The predicted octanol–water partition coefficient (Wildman–Crippen LogP) is 4.82. The minimum atomic E-state index is 0.0186. The molecule has 1 aromatic carbocycles. The first-order chi connectivity index (χ1) is 9.69. The molecule has 108 valence electrons. The van der Waals surface area contributed by atoms with Gasteiger partial charge in [-0.1, -0.05) is 37.3 Å². The highest BCUT2D eigenvalue weighted by molar-refractivity contribution is 5.38. The molecule has 1 unspecified atom stereocenters. The zero-order chi connectivity index (χ0) is 14.5. The smallest absolute Gasteiger partial charge is 0.101 e. The Morgan fingerprint density at radius 2 is 2.20 bits per heavy atom. The molecule has 1 aliphatic heterocycles. The van der Waals surface area contributed by atoms with Crippen LogP contribution in [0, 0.1) is 0 Å². The van der Waals surface area contributed by atoms with Crippen LogP contribution in [0.3, 0.4) is 0 Å². The summed E-state index contributed by atoms with van der Waals surface area (Å²) in [6.45, 7) is 9.71. The van der Waals surface area contributed by atoms with Gasteiger partial charge in [-0.3, -0.25) is 4.90 Å². The lowest BCUT2D eigenvalue weighted by Gasteiger charge is -2.37. The zero-order valence-corrected chi connectivity index (χ0v) is 12.5. The van der Waals surface area contributed by atoms with E-state index in [1.165, 1.54) is 11.1 Å². The molecule has 2 rings (SSSR count). The van der Waals surface area contributed by atoms with Gasteiger partial charge in [0.25, 0.3) is 0 Å². The lowest BCUT2D eigenvalue weighted by Crippen LogP contribution is -2.36. The van der Waals surface area contributed by atoms with Gasteiger partial charge in [0.05, 0.1) is 6.04 Å². The fraction of sp³-hybridized carbons (Fsp3) is 0.444. The quantitative estimate of drug-likeness (QED) is 0.695. The molecule has 0 amide bonds. The van der Waals surface area contributed by atoms with E-state index in [1.807, 2.05) is 6.92 Å². The third-order valence-corrected chi connectivity index (χ3v) is 4.20. The minimum Gasteiger partial charge on any atom is -0.292 e. The third kappa shape index (κ3) is 3.01. The maximum Gasteiger partial charge on any atom is 0.101 e. The summed E-state index contributed by atoms with van der Waals surface area (Å²) in [6.07, 6.45) is 4.00. The molecule has 1 nitrogen and oxygen atoms in total. The lowest BCUT2D eigenvalue weighted by molar-refractivity contribution is 0.218. The number of halogens is 1. The average molecular weight is 273 g/mol. The van der Waals surface area contributed by atoms with Gasteiger partial charge >= 0.3 is 0 Å². The van der Waals surface area contributed by atoms with Crippen LogP contribution in [0.25, 0.3) is 0 Å². The number of likely N-dealkylation sites (N-methyl/N-ethyl adjacent to an activating group) is 1. The van der Waals surface area contributed by atoms with Crippen LogP contribution in [0.1, 0.15) is 43.9 Å². The van der Waals surface area contributed by atoms with Crippen LogP contribution in [-0.4, -0.2) is 18.0 Å². The molecule has 20 heavy (non-hydrogen) atoms. The van der Waals surface area contributed by atoms with Gasteiger partial charge in [-0.2, -0.15) is 0 Å². The molecule has 1 atom stereocenters. The van der Waals surface area contributed by atoms with Gasteiger partial charge in [0, 0.05) is 13.0 Å². The van der Waals surface area contributed by atoms with Crippen molar-refractivity contribution >= 4 is 0 Å². The van der Waals surface area contributed by atoms with E-state index >= 15 is 0 Å². The van der Waals surface area contributed by atoms with E-state index in [-0.39, 0.29) is 11.9 Å². The summed E-state index contributed by atoms with van der Waals surface area (Å²) >= 11 is 0. The Balaban J connectivity index is 2.38. The van der Waals surface area contributed by atoms with Crippen LogP contribution in [0.2, 0.25) is 0 Å². The van der Waals surface area contributed by atoms with Crippen molar-refractivity contribution in [1.82, 2.24) is 4.90 Å². The normalized spacial score (nSPS) is 20.2. The molecule has 1 heterocycles. The standard InChI is InChI=1S/C18H24FN/c1-4-6-11-17(19)14(3)18-16-10-8-7-9-15(16)12-13-20(18)5-2/h4,7-10,18H,1,5-6,11-13H2,2-3H3/b17-14-. The van der Waals surface area contributed by atoms with Gasteiger partial charge in [-0.05, 0) is 43.0 Å². The first kappa shape index (κ1) is 15.0. The monoisotopic (exact) mass is 273 g/mol. The van der Waals surface area contributed by atoms with E-state index in [4.69, 9.17) is 0 Å². The van der Waals surface area contributed by atoms with Crippen LogP contribution < -0.4 is 0 Å². The number of fused-ring (bicyclic) bond motifs is 1. The van der Waals surface area contributed by atoms with Gasteiger partial charge in [-0.25, -0.2) is 4.39 Å². The molecule has 0 aromatic heterocycles. The summed E-state index contributed by atoms with van der Waals surface area (Å²) in [5.74, 6) is 0.0186. The Hall–Kier alpha value is -1.41. The molecule has 0 spiro atoms. The molecule has 0 saturated carbocycles. The van der Waals surface area contributed by atoms with Gasteiger partial charge < -0.3 is 0 Å². The van der Waals surface area contributed by atoms with Crippen molar-refractivity contribution < 1.29 is 4.39 Å². The van der Waals surface area contributed by atoms with E-state index < -0.39 is 0 Å². The van der Waals surface area contributed by atoms with Crippen molar-refractivity contribution in [3.8, 4) is 0 Å². The molecule has 0 bridgehead atoms. The number of hydrogen-bond donors (Lipinski definition) is 0. The van der Waals surface area contributed by atoms with E-state index in [2.05, 4.69) is 42.7 Å². The second-order valence-electron chi connectivity index (χ2n) is 5.40. The first-order valence-electron chi connectivity index (χ1n) is 7.47. The van der Waals surface area contributed by atoms with Crippen molar-refractivity contribution in [2.75, 3.05) is 13.1 Å². The number of nitrogens with zero attached hydrogens (tertiary/aromatic N) is 1. The molecule has 0 fully saturated rings. The van der Waals surface area contributed by atoms with Crippen molar-refractivity contribution in [1.29, 1.82) is 0 Å². The summed E-state index contributed by atoms with van der Waals surface area (Å²) in [5.41, 5.74) is 3.49. The van der Waals surface area contributed by atoms with Gasteiger partial charge in [0.15, 0.2) is 0 Å². The topological polar surface area (TPSA) is 3.24 Å². The summed E-state index contributed by atoms with van der Waals surface area (Å²) in [4.78, 5) is 2.37. The van der Waals surface area contributed by atoms with Gasteiger partial charge in [0.2, 0.25) is 0 Å². The number of rotatable bonds is 5. The Morgan fingerprint density at radius 1 is 1.45 bits per heavy atom. The maximum absolute atomic E-state index is 14.4. The summed E-state index contributed by atoms with van der Waals surface area (Å²) in [6, 6.07) is 8.54. The zero-order valence-electron chi connectivity index (χ0n) is 12.5. The molecule has 0 radical (unpaired) electrons. The van der Waals surface area contributed by atoms with Crippen LogP contribution in [-0.2, 0) is 6.42 Å². The van der Waals surface area contributed by atoms with Crippen LogP contribution >= 0.6 is 0 Å². The molecule has 1 aliphatic rings. The SMILES string of the molecule is C=CCC/C(F)=C(\C)C1c2ccccc2CCN1CC. The highest BCUT2D eigenvalue weighted by atomic mass is 19.1. The minimum absolute atomic E-state index is 0.0186. The largest absolute Gasteiger partial charge is 0.292 e. The Bertz CT molecular complexity index is 504. The van der Waals surface area contributed by atoms with Crippen molar-refractivity contribution in [3.63, 3.8) is 0 Å². The van der Waals surface area contributed by atoms with Crippen molar-refractivity contribution in [2.45, 2.75) is 39.2 Å². The van der Waals surface area contributed by atoms with Crippen LogP contribution in [0.15, 0.2) is 48.3 Å². The van der Waals surface area contributed by atoms with E-state index in [0.29, 0.717) is 12.8 Å². The van der Waals surface area contributed by atoms with Gasteiger partial charge in [0.1, 0.15) is 5.83 Å². The van der Waals surface area contributed by atoms with E-state index in [1.54, 1.807) is 6.08 Å². The summed E-state index contributed by atoms with van der Waals surface area (Å²) in [7, 11) is 0.